The molecule has 0 amide bonds. The maximum absolute atomic E-state index is 12.4. The van der Waals surface area contributed by atoms with Gasteiger partial charge in [-0.2, -0.15) is 18.3 Å². The number of rotatable bonds is 2. The monoisotopic (exact) mass is 276 g/mol. The van der Waals surface area contributed by atoms with E-state index in [0.29, 0.717) is 10.6 Å². The lowest BCUT2D eigenvalue weighted by molar-refractivity contribution is -0.137. The van der Waals surface area contributed by atoms with Gasteiger partial charge in [0.05, 0.1) is 16.8 Å². The van der Waals surface area contributed by atoms with Crippen LogP contribution < -0.4 is 5.73 Å². The second kappa shape index (κ2) is 4.58. The molecule has 0 aromatic carbocycles. The van der Waals surface area contributed by atoms with E-state index in [1.807, 2.05) is 0 Å². The molecule has 2 aromatic heterocycles. The number of aromatic nitrogens is 3. The Bertz CT molecular complexity index is 564. The predicted molar refractivity (Wildman–Crippen MR) is 59.3 cm³/mol. The molecule has 8 heteroatoms. The Kier molecular flexibility index (Phi) is 3.27. The SMILES string of the molecule is NCc1cc(-n2cc(C(F)(F)F)cn2)ncc1Cl. The van der Waals surface area contributed by atoms with Gasteiger partial charge in [-0.25, -0.2) is 9.67 Å². The van der Waals surface area contributed by atoms with Gasteiger partial charge in [0.1, 0.15) is 0 Å². The summed E-state index contributed by atoms with van der Waals surface area (Å²) in [6.07, 6.45) is -1.51. The number of alkyl halides is 3. The summed E-state index contributed by atoms with van der Waals surface area (Å²) in [6, 6.07) is 1.50. The average Bonchev–Trinajstić information content (AvgIpc) is 2.78. The molecular formula is C10H8ClF3N4. The van der Waals surface area contributed by atoms with Crippen molar-refractivity contribution in [3.05, 3.63) is 40.8 Å². The molecule has 0 radical (unpaired) electrons. The summed E-state index contributed by atoms with van der Waals surface area (Å²) in [6.45, 7) is 0.168. The van der Waals surface area contributed by atoms with Crippen molar-refractivity contribution in [3.8, 4) is 5.82 Å². The molecule has 96 valence electrons. The fourth-order valence-electron chi connectivity index (χ4n) is 1.34. The van der Waals surface area contributed by atoms with Crippen molar-refractivity contribution in [2.75, 3.05) is 0 Å². The molecule has 0 saturated heterocycles. The van der Waals surface area contributed by atoms with Crippen molar-refractivity contribution in [1.82, 2.24) is 14.8 Å². The Labute approximate surface area is 105 Å². The molecule has 0 aliphatic heterocycles. The standard InChI is InChI=1S/C10H8ClF3N4/c11-8-4-16-9(1-6(8)2-15)18-5-7(3-17-18)10(12,13)14/h1,3-5H,2,15H2. The van der Waals surface area contributed by atoms with Gasteiger partial charge in [-0.05, 0) is 11.6 Å². The molecule has 18 heavy (non-hydrogen) atoms. The molecule has 0 unspecified atom stereocenters. The van der Waals surface area contributed by atoms with Crippen LogP contribution in [0.2, 0.25) is 5.02 Å². The Balaban J connectivity index is 2.40. The Morgan fingerprint density at radius 1 is 1.33 bits per heavy atom. The number of nitrogens with zero attached hydrogens (tertiary/aromatic N) is 3. The third-order valence-corrected chi connectivity index (χ3v) is 2.63. The number of hydrogen-bond donors (Lipinski definition) is 1. The van der Waals surface area contributed by atoms with Crippen LogP contribution in [0.5, 0.6) is 0 Å². The molecule has 0 aliphatic carbocycles. The second-order valence-electron chi connectivity index (χ2n) is 3.51. The van der Waals surface area contributed by atoms with Crippen LogP contribution in [0.1, 0.15) is 11.1 Å². The van der Waals surface area contributed by atoms with Crippen molar-refractivity contribution in [2.24, 2.45) is 5.73 Å². The largest absolute Gasteiger partial charge is 0.419 e. The van der Waals surface area contributed by atoms with E-state index in [9.17, 15) is 13.2 Å². The predicted octanol–water partition coefficient (Wildman–Crippen LogP) is 2.40. The van der Waals surface area contributed by atoms with Gasteiger partial charge in [0.25, 0.3) is 0 Å². The summed E-state index contributed by atoms with van der Waals surface area (Å²) in [4.78, 5) is 3.90. The minimum absolute atomic E-state index is 0.168. The zero-order valence-corrected chi connectivity index (χ0v) is 9.70. The maximum Gasteiger partial charge on any atom is 0.419 e. The van der Waals surface area contributed by atoms with E-state index in [0.717, 1.165) is 17.1 Å². The van der Waals surface area contributed by atoms with Gasteiger partial charge in [0, 0.05) is 18.9 Å². The first kappa shape index (κ1) is 12.8. The normalized spacial score (nSPS) is 11.8. The summed E-state index contributed by atoms with van der Waals surface area (Å²) < 4.78 is 38.3. The third kappa shape index (κ3) is 2.46. The lowest BCUT2D eigenvalue weighted by atomic mass is 10.2. The molecule has 0 bridgehead atoms. The minimum Gasteiger partial charge on any atom is -0.326 e. The number of hydrogen-bond acceptors (Lipinski definition) is 3. The number of nitrogens with two attached hydrogens (primary N) is 1. The van der Waals surface area contributed by atoms with Crippen molar-refractivity contribution in [3.63, 3.8) is 0 Å². The van der Waals surface area contributed by atoms with Crippen LogP contribution in [-0.2, 0) is 12.7 Å². The van der Waals surface area contributed by atoms with E-state index in [1.54, 1.807) is 0 Å². The zero-order valence-electron chi connectivity index (χ0n) is 8.95. The molecule has 0 saturated carbocycles. The van der Waals surface area contributed by atoms with Crippen molar-refractivity contribution in [2.45, 2.75) is 12.7 Å². The van der Waals surface area contributed by atoms with Crippen LogP contribution in [0.4, 0.5) is 13.2 Å². The van der Waals surface area contributed by atoms with Crippen LogP contribution in [0, 0.1) is 0 Å². The van der Waals surface area contributed by atoms with E-state index >= 15 is 0 Å². The lowest BCUT2D eigenvalue weighted by Crippen LogP contribution is -2.04. The van der Waals surface area contributed by atoms with Crippen LogP contribution >= 0.6 is 11.6 Å². The first-order valence-corrected chi connectivity index (χ1v) is 5.26. The number of pyridine rings is 1. The van der Waals surface area contributed by atoms with Crippen LogP contribution in [-0.4, -0.2) is 14.8 Å². The summed E-state index contributed by atoms with van der Waals surface area (Å²) in [5.41, 5.74) is 5.20. The number of halogens is 4. The zero-order chi connectivity index (χ0) is 13.3. The minimum atomic E-state index is -4.43. The second-order valence-corrected chi connectivity index (χ2v) is 3.92. The lowest BCUT2D eigenvalue weighted by Gasteiger charge is -2.05. The van der Waals surface area contributed by atoms with Crippen molar-refractivity contribution in [1.29, 1.82) is 0 Å². The summed E-state index contributed by atoms with van der Waals surface area (Å²) in [5, 5.41) is 3.97. The van der Waals surface area contributed by atoms with Crippen LogP contribution in [0.3, 0.4) is 0 Å². The molecule has 0 fully saturated rings. The van der Waals surface area contributed by atoms with Crippen LogP contribution in [0.15, 0.2) is 24.7 Å². The molecule has 0 spiro atoms. The topological polar surface area (TPSA) is 56.7 Å². The van der Waals surface area contributed by atoms with Crippen molar-refractivity contribution < 1.29 is 13.2 Å². The van der Waals surface area contributed by atoms with Gasteiger partial charge in [-0.1, -0.05) is 11.6 Å². The maximum atomic E-state index is 12.4. The Morgan fingerprint density at radius 3 is 2.61 bits per heavy atom. The molecule has 2 rings (SSSR count). The van der Waals surface area contributed by atoms with E-state index < -0.39 is 11.7 Å². The Hall–Kier alpha value is -1.60. The molecule has 2 heterocycles. The summed E-state index contributed by atoms with van der Waals surface area (Å²) in [5.74, 6) is 0.232. The van der Waals surface area contributed by atoms with E-state index in [4.69, 9.17) is 17.3 Å². The van der Waals surface area contributed by atoms with Crippen LogP contribution in [0.25, 0.3) is 5.82 Å². The quantitative estimate of drug-likeness (QED) is 0.916. The van der Waals surface area contributed by atoms with Gasteiger partial charge in [-0.3, -0.25) is 0 Å². The highest BCUT2D eigenvalue weighted by atomic mass is 35.5. The van der Waals surface area contributed by atoms with Crippen molar-refractivity contribution >= 4 is 11.6 Å². The first-order valence-electron chi connectivity index (χ1n) is 4.88. The molecule has 2 N–H and O–H groups in total. The molecular weight excluding hydrogens is 269 g/mol. The first-order chi connectivity index (χ1) is 8.41. The van der Waals surface area contributed by atoms with E-state index in [1.165, 1.54) is 12.3 Å². The summed E-state index contributed by atoms with van der Waals surface area (Å²) in [7, 11) is 0. The molecule has 4 nitrogen and oxygen atoms in total. The third-order valence-electron chi connectivity index (χ3n) is 2.28. The van der Waals surface area contributed by atoms with Gasteiger partial charge < -0.3 is 5.73 Å². The average molecular weight is 277 g/mol. The molecule has 0 atom stereocenters. The van der Waals surface area contributed by atoms with E-state index in [-0.39, 0.29) is 12.4 Å². The smallest absolute Gasteiger partial charge is 0.326 e. The summed E-state index contributed by atoms with van der Waals surface area (Å²) >= 11 is 5.81. The van der Waals surface area contributed by atoms with Gasteiger partial charge in [0.2, 0.25) is 0 Å². The highest BCUT2D eigenvalue weighted by Gasteiger charge is 2.32. The van der Waals surface area contributed by atoms with Gasteiger partial charge >= 0.3 is 6.18 Å². The highest BCUT2D eigenvalue weighted by molar-refractivity contribution is 6.31. The Morgan fingerprint density at radius 2 is 2.06 bits per heavy atom. The molecule has 2 aromatic rings. The fourth-order valence-corrected chi connectivity index (χ4v) is 1.52. The van der Waals surface area contributed by atoms with Gasteiger partial charge in [0.15, 0.2) is 5.82 Å². The molecule has 0 aliphatic rings. The van der Waals surface area contributed by atoms with Gasteiger partial charge in [-0.15, -0.1) is 0 Å². The fraction of sp³-hybridized carbons (Fsp3) is 0.200. The van der Waals surface area contributed by atoms with E-state index in [2.05, 4.69) is 10.1 Å². The highest BCUT2D eigenvalue weighted by Crippen LogP contribution is 2.29.